The molecule has 1 heterocycles. The predicted octanol–water partition coefficient (Wildman–Crippen LogP) is 4.97. The van der Waals surface area contributed by atoms with E-state index < -0.39 is 21.7 Å². The van der Waals surface area contributed by atoms with Gasteiger partial charge < -0.3 is 10.1 Å². The van der Waals surface area contributed by atoms with Crippen molar-refractivity contribution in [1.29, 1.82) is 0 Å². The number of nitrogens with zero attached hydrogens (tertiary/aromatic N) is 2. The molecule has 0 spiro atoms. The average Bonchev–Trinajstić information content (AvgIpc) is 3.17. The summed E-state index contributed by atoms with van der Waals surface area (Å²) in [6.07, 6.45) is 0. The van der Waals surface area contributed by atoms with E-state index >= 15 is 0 Å². The van der Waals surface area contributed by atoms with E-state index in [1.54, 1.807) is 25.3 Å². The van der Waals surface area contributed by atoms with Gasteiger partial charge in [-0.15, -0.1) is 11.3 Å². The summed E-state index contributed by atoms with van der Waals surface area (Å²) in [5, 5.41) is 26.6. The summed E-state index contributed by atoms with van der Waals surface area (Å²) in [5.74, 6) is -1.36. The second kappa shape index (κ2) is 9.35. The molecule has 0 aliphatic heterocycles. The van der Waals surface area contributed by atoms with Gasteiger partial charge in [0.05, 0.1) is 16.5 Å². The third-order valence-corrected chi connectivity index (χ3v) is 5.43. The lowest BCUT2D eigenvalue weighted by atomic mass is 10.0. The summed E-state index contributed by atoms with van der Waals surface area (Å²) in [6, 6.07) is 9.80. The molecule has 3 rings (SSSR count). The Morgan fingerprint density at radius 2 is 1.84 bits per heavy atom. The summed E-state index contributed by atoms with van der Waals surface area (Å²) >= 11 is 1.04. The summed E-state index contributed by atoms with van der Waals surface area (Å²) in [7, 11) is 0. The average molecular weight is 455 g/mol. The molecule has 0 saturated carbocycles. The van der Waals surface area contributed by atoms with E-state index in [-0.39, 0.29) is 34.1 Å². The second-order valence-electron chi connectivity index (χ2n) is 6.59. The number of aryl methyl sites for hydroxylation is 1. The van der Waals surface area contributed by atoms with Crippen molar-refractivity contribution in [3.63, 3.8) is 0 Å². The van der Waals surface area contributed by atoms with Gasteiger partial charge in [0, 0.05) is 40.3 Å². The van der Waals surface area contributed by atoms with E-state index in [0.717, 1.165) is 17.4 Å². The van der Waals surface area contributed by atoms with Gasteiger partial charge >= 0.3 is 5.97 Å². The van der Waals surface area contributed by atoms with Gasteiger partial charge in [-0.1, -0.05) is 18.2 Å². The molecular weight excluding hydrogens is 438 g/mol. The van der Waals surface area contributed by atoms with Crippen molar-refractivity contribution < 1.29 is 24.2 Å². The molecule has 3 aromatic rings. The first-order valence-electron chi connectivity index (χ1n) is 9.32. The zero-order valence-electron chi connectivity index (χ0n) is 17.0. The van der Waals surface area contributed by atoms with Crippen molar-refractivity contribution in [2.75, 3.05) is 11.9 Å². The van der Waals surface area contributed by atoms with Gasteiger partial charge in [0.1, 0.15) is 10.6 Å². The number of rotatable bonds is 7. The number of thiophene rings is 1. The SMILES string of the molecule is CCOC(=O)c1c(-c2cccc([N+](=O)[O-])c2)csc1NC(=O)c1ccc(C)c([N+](=O)[O-])c1. The van der Waals surface area contributed by atoms with Crippen LogP contribution in [0.2, 0.25) is 0 Å². The number of ether oxygens (including phenoxy) is 1. The van der Waals surface area contributed by atoms with Crippen LogP contribution >= 0.6 is 11.3 Å². The molecule has 164 valence electrons. The van der Waals surface area contributed by atoms with Crippen molar-refractivity contribution in [1.82, 2.24) is 0 Å². The Hall–Kier alpha value is -4.12. The van der Waals surface area contributed by atoms with E-state index in [0.29, 0.717) is 16.7 Å². The third kappa shape index (κ3) is 4.62. The number of anilines is 1. The molecule has 11 heteroatoms. The van der Waals surface area contributed by atoms with Crippen molar-refractivity contribution in [3.05, 3.63) is 84.8 Å². The first-order valence-corrected chi connectivity index (χ1v) is 10.2. The van der Waals surface area contributed by atoms with Gasteiger partial charge in [-0.05, 0) is 25.5 Å². The Kier molecular flexibility index (Phi) is 6.59. The van der Waals surface area contributed by atoms with Crippen LogP contribution in [0.15, 0.2) is 47.8 Å². The number of benzene rings is 2. The zero-order chi connectivity index (χ0) is 23.4. The standard InChI is InChI=1S/C21H17N3O7S/c1-3-31-21(26)18-16(13-5-4-6-15(9-13)23(27)28)11-32-20(18)22-19(25)14-8-7-12(2)17(10-14)24(29)30/h4-11H,3H2,1-2H3,(H,22,25). The molecule has 0 bridgehead atoms. The Balaban J connectivity index is 2.02. The van der Waals surface area contributed by atoms with E-state index in [1.165, 1.54) is 30.3 Å². The molecule has 2 aromatic carbocycles. The smallest absolute Gasteiger partial charge is 0.341 e. The topological polar surface area (TPSA) is 142 Å². The zero-order valence-corrected chi connectivity index (χ0v) is 17.8. The Labute approximate surface area is 185 Å². The third-order valence-electron chi connectivity index (χ3n) is 4.53. The van der Waals surface area contributed by atoms with Gasteiger partial charge in [-0.3, -0.25) is 25.0 Å². The molecule has 0 fully saturated rings. The maximum absolute atomic E-state index is 12.8. The first kappa shape index (κ1) is 22.6. The number of amides is 1. The number of nitro groups is 2. The fraction of sp³-hybridized carbons (Fsp3) is 0.143. The molecule has 1 amide bonds. The molecule has 0 saturated heterocycles. The van der Waals surface area contributed by atoms with Crippen molar-refractivity contribution >= 4 is 39.6 Å². The van der Waals surface area contributed by atoms with E-state index in [9.17, 15) is 29.8 Å². The van der Waals surface area contributed by atoms with Crippen LogP contribution in [0.5, 0.6) is 0 Å². The van der Waals surface area contributed by atoms with Gasteiger partial charge in [0.25, 0.3) is 17.3 Å². The summed E-state index contributed by atoms with van der Waals surface area (Å²) in [4.78, 5) is 46.6. The van der Waals surface area contributed by atoms with E-state index in [4.69, 9.17) is 4.74 Å². The number of carbonyl (C=O) groups excluding carboxylic acids is 2. The molecule has 0 unspecified atom stereocenters. The number of esters is 1. The number of nitrogens with one attached hydrogen (secondary N) is 1. The van der Waals surface area contributed by atoms with E-state index in [2.05, 4.69) is 5.32 Å². The van der Waals surface area contributed by atoms with Crippen LogP contribution in [0.3, 0.4) is 0 Å². The summed E-state index contributed by atoms with van der Waals surface area (Å²) < 4.78 is 5.11. The van der Waals surface area contributed by atoms with Gasteiger partial charge in [0.15, 0.2) is 0 Å². The molecule has 1 aromatic heterocycles. The maximum Gasteiger partial charge on any atom is 0.341 e. The van der Waals surface area contributed by atoms with Gasteiger partial charge in [0.2, 0.25) is 0 Å². The first-order chi connectivity index (χ1) is 15.2. The van der Waals surface area contributed by atoms with Crippen molar-refractivity contribution in [3.8, 4) is 11.1 Å². The number of hydrogen-bond acceptors (Lipinski definition) is 8. The van der Waals surface area contributed by atoms with Crippen LogP contribution in [0.25, 0.3) is 11.1 Å². The van der Waals surface area contributed by atoms with Crippen LogP contribution in [-0.4, -0.2) is 28.3 Å². The number of carbonyl (C=O) groups is 2. The number of hydrogen-bond donors (Lipinski definition) is 1. The highest BCUT2D eigenvalue weighted by molar-refractivity contribution is 7.15. The number of non-ortho nitro benzene ring substituents is 1. The minimum atomic E-state index is -0.708. The lowest BCUT2D eigenvalue weighted by Gasteiger charge is -2.09. The molecule has 0 aliphatic rings. The highest BCUT2D eigenvalue weighted by Gasteiger charge is 2.24. The molecule has 32 heavy (non-hydrogen) atoms. The monoisotopic (exact) mass is 455 g/mol. The molecule has 1 N–H and O–H groups in total. The minimum absolute atomic E-state index is 0.0439. The van der Waals surface area contributed by atoms with Crippen LogP contribution in [-0.2, 0) is 4.74 Å². The Morgan fingerprint density at radius 3 is 2.50 bits per heavy atom. The van der Waals surface area contributed by atoms with Crippen LogP contribution < -0.4 is 5.32 Å². The molecule has 0 aliphatic carbocycles. The molecule has 10 nitrogen and oxygen atoms in total. The highest BCUT2D eigenvalue weighted by Crippen LogP contribution is 2.37. The summed E-state index contributed by atoms with van der Waals surface area (Å²) in [6.45, 7) is 3.27. The predicted molar refractivity (Wildman–Crippen MR) is 118 cm³/mol. The lowest BCUT2D eigenvalue weighted by molar-refractivity contribution is -0.385. The second-order valence-corrected chi connectivity index (χ2v) is 7.47. The normalized spacial score (nSPS) is 10.4. The molecule has 0 atom stereocenters. The van der Waals surface area contributed by atoms with Crippen molar-refractivity contribution in [2.45, 2.75) is 13.8 Å². The lowest BCUT2D eigenvalue weighted by Crippen LogP contribution is -2.15. The van der Waals surface area contributed by atoms with Crippen LogP contribution in [0.4, 0.5) is 16.4 Å². The Morgan fingerprint density at radius 1 is 1.09 bits per heavy atom. The van der Waals surface area contributed by atoms with E-state index in [1.807, 2.05) is 0 Å². The fourth-order valence-electron chi connectivity index (χ4n) is 2.98. The highest BCUT2D eigenvalue weighted by atomic mass is 32.1. The van der Waals surface area contributed by atoms with Crippen LogP contribution in [0, 0.1) is 27.2 Å². The summed E-state index contributed by atoms with van der Waals surface area (Å²) in [5.41, 5.74) is 0.915. The maximum atomic E-state index is 12.8. The fourth-order valence-corrected chi connectivity index (χ4v) is 3.93. The minimum Gasteiger partial charge on any atom is -0.462 e. The quantitative estimate of drug-likeness (QED) is 0.301. The van der Waals surface area contributed by atoms with Gasteiger partial charge in [-0.2, -0.15) is 0 Å². The molecular formula is C21H17N3O7S. The van der Waals surface area contributed by atoms with Gasteiger partial charge in [-0.25, -0.2) is 4.79 Å². The Bertz CT molecular complexity index is 1240. The largest absolute Gasteiger partial charge is 0.462 e. The van der Waals surface area contributed by atoms with Crippen molar-refractivity contribution in [2.24, 2.45) is 0 Å². The molecule has 0 radical (unpaired) electrons. The van der Waals surface area contributed by atoms with Crippen LogP contribution in [0.1, 0.15) is 33.2 Å². The number of nitro benzene ring substituents is 2.